The van der Waals surface area contributed by atoms with Crippen molar-refractivity contribution in [1.29, 1.82) is 5.26 Å². The van der Waals surface area contributed by atoms with E-state index < -0.39 is 5.91 Å². The predicted octanol–water partition coefficient (Wildman–Crippen LogP) is 5.53. The van der Waals surface area contributed by atoms with Gasteiger partial charge in [0.05, 0.1) is 18.2 Å². The highest BCUT2D eigenvalue weighted by Gasteiger charge is 2.39. The van der Waals surface area contributed by atoms with Gasteiger partial charge in [-0.2, -0.15) is 5.26 Å². The lowest BCUT2D eigenvalue weighted by Crippen LogP contribution is -2.36. The Kier molecular flexibility index (Phi) is 7.36. The lowest BCUT2D eigenvalue weighted by molar-refractivity contribution is -0.157. The molecule has 0 bridgehead atoms. The van der Waals surface area contributed by atoms with Crippen molar-refractivity contribution in [3.05, 3.63) is 78.4 Å². The fourth-order valence-corrected chi connectivity index (χ4v) is 4.08. The van der Waals surface area contributed by atoms with Gasteiger partial charge in [0, 0.05) is 6.08 Å². The van der Waals surface area contributed by atoms with Crippen molar-refractivity contribution in [2.24, 2.45) is 17.3 Å². The van der Waals surface area contributed by atoms with Crippen molar-refractivity contribution in [2.75, 3.05) is 6.54 Å². The molecule has 0 unspecified atom stereocenters. The Morgan fingerprint density at radius 2 is 2.17 bits per heavy atom. The van der Waals surface area contributed by atoms with Gasteiger partial charge >= 0.3 is 0 Å². The molecule has 1 aromatic rings. The van der Waals surface area contributed by atoms with Crippen LogP contribution in [-0.2, 0) is 4.79 Å². The second-order valence-electron chi connectivity index (χ2n) is 8.20. The van der Waals surface area contributed by atoms with Crippen LogP contribution in [0.3, 0.4) is 0 Å². The second kappa shape index (κ2) is 9.54. The van der Waals surface area contributed by atoms with E-state index in [-0.39, 0.29) is 17.9 Å². The van der Waals surface area contributed by atoms with E-state index in [2.05, 4.69) is 32.7 Å². The monoisotopic (exact) mass is 390 g/mol. The Morgan fingerprint density at radius 3 is 2.79 bits per heavy atom. The van der Waals surface area contributed by atoms with Gasteiger partial charge in [-0.3, -0.25) is 10.0 Å². The van der Waals surface area contributed by atoms with Gasteiger partial charge in [-0.05, 0) is 67.2 Å². The summed E-state index contributed by atoms with van der Waals surface area (Å²) < 4.78 is 0. The van der Waals surface area contributed by atoms with Crippen LogP contribution in [0.2, 0.25) is 0 Å². The summed E-state index contributed by atoms with van der Waals surface area (Å²) in [4.78, 5) is 12.3. The first-order valence-corrected chi connectivity index (χ1v) is 9.85. The van der Waals surface area contributed by atoms with Crippen molar-refractivity contribution >= 4 is 12.0 Å². The number of nitrogens with zero attached hydrogens (tertiary/aromatic N) is 2. The molecule has 0 heterocycles. The third kappa shape index (κ3) is 5.56. The van der Waals surface area contributed by atoms with E-state index >= 15 is 0 Å². The summed E-state index contributed by atoms with van der Waals surface area (Å²) in [5.41, 5.74) is 3.25. The first-order valence-electron chi connectivity index (χ1n) is 9.85. The van der Waals surface area contributed by atoms with Crippen LogP contribution in [0.5, 0.6) is 0 Å². The molecule has 1 saturated carbocycles. The zero-order valence-corrected chi connectivity index (χ0v) is 17.4. The van der Waals surface area contributed by atoms with E-state index in [9.17, 15) is 10.0 Å². The van der Waals surface area contributed by atoms with E-state index in [4.69, 9.17) is 5.26 Å². The minimum atomic E-state index is -0.517. The topological polar surface area (TPSA) is 64.3 Å². The highest BCUT2D eigenvalue weighted by molar-refractivity contribution is 5.91. The number of allylic oxidation sites excluding steroid dienone is 2. The molecular weight excluding hydrogens is 360 g/mol. The average Bonchev–Trinajstić information content (AvgIpc) is 2.71. The molecule has 0 saturated heterocycles. The molecule has 29 heavy (non-hydrogen) atoms. The van der Waals surface area contributed by atoms with Crippen LogP contribution in [0.1, 0.15) is 44.2 Å². The molecule has 1 aliphatic carbocycles. The van der Waals surface area contributed by atoms with Gasteiger partial charge in [0.1, 0.15) is 0 Å². The Balaban J connectivity index is 1.98. The zero-order valence-electron chi connectivity index (χ0n) is 17.4. The first kappa shape index (κ1) is 22.4. The molecule has 1 aliphatic rings. The molecule has 0 radical (unpaired) electrons. The number of nitriles is 1. The first-order chi connectivity index (χ1) is 13.7. The fraction of sp³-hybridized carbons (Fsp3) is 0.360. The fourth-order valence-electron chi connectivity index (χ4n) is 4.08. The third-order valence-electron chi connectivity index (χ3n) is 6.03. The van der Waals surface area contributed by atoms with Crippen LogP contribution < -0.4 is 0 Å². The second-order valence-corrected chi connectivity index (χ2v) is 8.20. The lowest BCUT2D eigenvalue weighted by Gasteiger charge is -2.44. The van der Waals surface area contributed by atoms with Gasteiger partial charge in [0.15, 0.2) is 0 Å². The highest BCUT2D eigenvalue weighted by Crippen LogP contribution is 2.48. The standard InChI is InChI=1S/C25H30N2O2/c1-6-25(5)13-12-22(15-23(25)18(2)3)19(4)17-27(29)24(28)11-10-20-8-7-9-21(14-20)16-26/h6-11,14,22-23,29H,1-2,4,12-13,15,17H2,3,5H3/b11-10+/t22-,23+,25-/m1/s1. The number of carbonyl (C=O) groups excluding carboxylic acids is 1. The molecule has 1 amide bonds. The Hall–Kier alpha value is -2.90. The van der Waals surface area contributed by atoms with Gasteiger partial charge in [-0.1, -0.05) is 49.4 Å². The van der Waals surface area contributed by atoms with Crippen LogP contribution >= 0.6 is 0 Å². The molecule has 1 aromatic carbocycles. The molecule has 2 rings (SSSR count). The van der Waals surface area contributed by atoms with Crippen LogP contribution in [0.25, 0.3) is 6.08 Å². The molecule has 152 valence electrons. The summed E-state index contributed by atoms with van der Waals surface area (Å²) in [5, 5.41) is 19.8. The maximum Gasteiger partial charge on any atom is 0.270 e. The highest BCUT2D eigenvalue weighted by atomic mass is 16.5. The number of rotatable bonds is 7. The van der Waals surface area contributed by atoms with Gasteiger partial charge in [0.2, 0.25) is 0 Å². The van der Waals surface area contributed by atoms with Gasteiger partial charge in [-0.25, -0.2) is 5.06 Å². The van der Waals surface area contributed by atoms with Crippen molar-refractivity contribution in [3.8, 4) is 6.07 Å². The van der Waals surface area contributed by atoms with Crippen molar-refractivity contribution < 1.29 is 10.0 Å². The van der Waals surface area contributed by atoms with Crippen molar-refractivity contribution in [3.63, 3.8) is 0 Å². The summed E-state index contributed by atoms with van der Waals surface area (Å²) in [6.45, 7) is 16.7. The summed E-state index contributed by atoms with van der Waals surface area (Å²) in [6, 6.07) is 8.98. The van der Waals surface area contributed by atoms with Crippen molar-refractivity contribution in [1.82, 2.24) is 5.06 Å². The normalized spacial score (nSPS) is 23.9. The van der Waals surface area contributed by atoms with E-state index in [1.54, 1.807) is 30.3 Å². The maximum absolute atomic E-state index is 12.3. The smallest absolute Gasteiger partial charge is 0.270 e. The Morgan fingerprint density at radius 1 is 1.45 bits per heavy atom. The summed E-state index contributed by atoms with van der Waals surface area (Å²) in [5.74, 6) is 0.0193. The van der Waals surface area contributed by atoms with Crippen LogP contribution in [0.4, 0.5) is 0 Å². The number of benzene rings is 1. The molecule has 1 fully saturated rings. The summed E-state index contributed by atoms with van der Waals surface area (Å²) >= 11 is 0. The van der Waals surface area contributed by atoms with Gasteiger partial charge in [-0.15, -0.1) is 6.58 Å². The summed E-state index contributed by atoms with van der Waals surface area (Å²) in [6.07, 6.45) is 7.74. The lowest BCUT2D eigenvalue weighted by atomic mass is 9.61. The van der Waals surface area contributed by atoms with E-state index in [0.717, 1.165) is 36.0 Å². The number of amides is 1. The predicted molar refractivity (Wildman–Crippen MR) is 117 cm³/mol. The number of carbonyl (C=O) groups is 1. The number of hydrogen-bond acceptors (Lipinski definition) is 3. The molecule has 0 spiro atoms. The number of hydrogen-bond donors (Lipinski definition) is 1. The van der Waals surface area contributed by atoms with Crippen LogP contribution in [0.15, 0.2) is 67.3 Å². The Labute approximate surface area is 174 Å². The largest absolute Gasteiger partial charge is 0.285 e. The zero-order chi connectivity index (χ0) is 21.6. The molecule has 1 N–H and O–H groups in total. The molecule has 4 heteroatoms. The molecule has 0 aromatic heterocycles. The van der Waals surface area contributed by atoms with Crippen molar-refractivity contribution in [2.45, 2.75) is 33.1 Å². The quantitative estimate of drug-likeness (QED) is 0.288. The SMILES string of the molecule is C=C[C@]1(C)CC[C@@H](C(=C)CN(O)C(=O)/C=C/c2cccc(C#N)c2)C[C@H]1C(=C)C. The third-order valence-corrected chi connectivity index (χ3v) is 6.03. The minimum Gasteiger partial charge on any atom is -0.285 e. The van der Waals surface area contributed by atoms with E-state index in [1.165, 1.54) is 6.08 Å². The molecular formula is C25H30N2O2. The maximum atomic E-state index is 12.3. The van der Waals surface area contributed by atoms with E-state index in [0.29, 0.717) is 16.5 Å². The molecule has 3 atom stereocenters. The van der Waals surface area contributed by atoms with Gasteiger partial charge < -0.3 is 0 Å². The number of hydroxylamine groups is 2. The van der Waals surface area contributed by atoms with Crippen LogP contribution in [-0.4, -0.2) is 22.7 Å². The van der Waals surface area contributed by atoms with Crippen LogP contribution in [0, 0.1) is 28.6 Å². The molecule has 0 aliphatic heterocycles. The van der Waals surface area contributed by atoms with E-state index in [1.807, 2.05) is 13.0 Å². The summed E-state index contributed by atoms with van der Waals surface area (Å²) in [7, 11) is 0. The minimum absolute atomic E-state index is 0.0258. The molecule has 4 nitrogen and oxygen atoms in total. The van der Waals surface area contributed by atoms with Gasteiger partial charge in [0.25, 0.3) is 5.91 Å². The Bertz CT molecular complexity index is 877. The average molecular weight is 391 g/mol.